The Kier molecular flexibility index (Phi) is 7.07. The highest BCUT2D eigenvalue weighted by Gasteiger charge is 2.24. The first-order chi connectivity index (χ1) is 17.1. The lowest BCUT2D eigenvalue weighted by Crippen LogP contribution is -2.34. The van der Waals surface area contributed by atoms with Crippen molar-refractivity contribution in [2.75, 3.05) is 11.9 Å². The Labute approximate surface area is 208 Å². The van der Waals surface area contributed by atoms with Crippen molar-refractivity contribution in [2.24, 2.45) is 0 Å². The molecule has 0 spiro atoms. The minimum absolute atomic E-state index is 0.0247. The van der Waals surface area contributed by atoms with Crippen molar-refractivity contribution in [1.29, 1.82) is 0 Å². The molecule has 2 aromatic carbocycles. The summed E-state index contributed by atoms with van der Waals surface area (Å²) in [5.41, 5.74) is 0.720. The smallest absolute Gasteiger partial charge is 0.272 e. The lowest BCUT2D eigenvalue weighted by Gasteiger charge is -2.11. The van der Waals surface area contributed by atoms with Gasteiger partial charge in [-0.25, -0.2) is 17.9 Å². The van der Waals surface area contributed by atoms with E-state index in [1.165, 1.54) is 47.3 Å². The monoisotopic (exact) mass is 513 g/mol. The maximum Gasteiger partial charge on any atom is 0.272 e. The Bertz CT molecular complexity index is 1420. The zero-order valence-corrected chi connectivity index (χ0v) is 19.6. The average molecular weight is 514 g/mol. The van der Waals surface area contributed by atoms with E-state index in [2.05, 4.69) is 20.7 Å². The number of carbonyl (C=O) groups is 2. The molecule has 0 fully saturated rings. The Morgan fingerprint density at radius 1 is 1.03 bits per heavy atom. The molecule has 0 atom stereocenters. The molecule has 0 aliphatic carbocycles. The second-order valence-electron chi connectivity index (χ2n) is 7.90. The van der Waals surface area contributed by atoms with Gasteiger partial charge in [0.15, 0.2) is 5.69 Å². The predicted octanol–water partition coefficient (Wildman–Crippen LogP) is 5.36. The Balaban J connectivity index is 1.67. The molecular formula is C25H19ClF3N5O2. The SMILES string of the molecule is CC(F)(F)CNC(=O)c1cc(NC(=O)c2cc(-c3ncccc3F)ccc2Cl)n(-c2ccccc2)n1. The predicted molar refractivity (Wildman–Crippen MR) is 129 cm³/mol. The van der Waals surface area contributed by atoms with Gasteiger partial charge in [-0.15, -0.1) is 0 Å². The number of nitrogens with one attached hydrogen (secondary N) is 2. The summed E-state index contributed by atoms with van der Waals surface area (Å²) in [5, 5.41) is 9.03. The van der Waals surface area contributed by atoms with Gasteiger partial charge in [0.1, 0.15) is 17.3 Å². The second-order valence-corrected chi connectivity index (χ2v) is 8.30. The van der Waals surface area contributed by atoms with Gasteiger partial charge in [-0.3, -0.25) is 14.6 Å². The number of anilines is 1. The van der Waals surface area contributed by atoms with Crippen LogP contribution in [-0.4, -0.2) is 39.0 Å². The van der Waals surface area contributed by atoms with Crippen molar-refractivity contribution in [1.82, 2.24) is 20.1 Å². The summed E-state index contributed by atoms with van der Waals surface area (Å²) < 4.78 is 41.9. The van der Waals surface area contributed by atoms with E-state index < -0.39 is 30.1 Å². The summed E-state index contributed by atoms with van der Waals surface area (Å²) in [6, 6.07) is 16.9. The van der Waals surface area contributed by atoms with Gasteiger partial charge in [0, 0.05) is 24.8 Å². The average Bonchev–Trinajstić information content (AvgIpc) is 3.27. The lowest BCUT2D eigenvalue weighted by atomic mass is 10.1. The van der Waals surface area contributed by atoms with Gasteiger partial charge in [0.2, 0.25) is 0 Å². The highest BCUT2D eigenvalue weighted by molar-refractivity contribution is 6.34. The summed E-state index contributed by atoms with van der Waals surface area (Å²) in [6.07, 6.45) is 1.42. The van der Waals surface area contributed by atoms with Crippen molar-refractivity contribution < 1.29 is 22.8 Å². The molecule has 0 aliphatic rings. The third kappa shape index (κ3) is 5.72. The van der Waals surface area contributed by atoms with Crippen molar-refractivity contribution >= 4 is 29.2 Å². The fourth-order valence-corrected chi connectivity index (χ4v) is 3.50. The van der Waals surface area contributed by atoms with Crippen LogP contribution in [0.15, 0.2) is 72.9 Å². The van der Waals surface area contributed by atoms with Crippen molar-refractivity contribution in [3.63, 3.8) is 0 Å². The van der Waals surface area contributed by atoms with Crippen LogP contribution in [0.2, 0.25) is 5.02 Å². The maximum absolute atomic E-state index is 14.2. The molecule has 0 aliphatic heterocycles. The molecule has 184 valence electrons. The molecule has 11 heteroatoms. The quantitative estimate of drug-likeness (QED) is 0.348. The van der Waals surface area contributed by atoms with Crippen molar-refractivity contribution in [2.45, 2.75) is 12.8 Å². The molecule has 36 heavy (non-hydrogen) atoms. The third-order valence-electron chi connectivity index (χ3n) is 4.99. The number of nitrogens with zero attached hydrogens (tertiary/aromatic N) is 3. The zero-order valence-electron chi connectivity index (χ0n) is 18.8. The molecule has 0 radical (unpaired) electrons. The first-order valence-electron chi connectivity index (χ1n) is 10.7. The third-order valence-corrected chi connectivity index (χ3v) is 5.32. The number of para-hydroxylation sites is 1. The summed E-state index contributed by atoms with van der Waals surface area (Å²) in [4.78, 5) is 29.6. The summed E-state index contributed by atoms with van der Waals surface area (Å²) in [6.45, 7) is -0.200. The first-order valence-corrected chi connectivity index (χ1v) is 11.0. The van der Waals surface area contributed by atoms with Crippen LogP contribution >= 0.6 is 11.6 Å². The van der Waals surface area contributed by atoms with Crippen LogP contribution in [0.25, 0.3) is 16.9 Å². The highest BCUT2D eigenvalue weighted by Crippen LogP contribution is 2.27. The van der Waals surface area contributed by atoms with Gasteiger partial charge in [0.25, 0.3) is 17.7 Å². The molecule has 4 rings (SSSR count). The number of benzene rings is 2. The van der Waals surface area contributed by atoms with Crippen LogP contribution < -0.4 is 10.6 Å². The molecule has 2 N–H and O–H groups in total. The highest BCUT2D eigenvalue weighted by atomic mass is 35.5. The minimum atomic E-state index is -3.11. The zero-order chi connectivity index (χ0) is 25.9. The van der Waals surface area contributed by atoms with Crippen LogP contribution in [0.4, 0.5) is 19.0 Å². The van der Waals surface area contributed by atoms with Crippen LogP contribution in [0.3, 0.4) is 0 Å². The van der Waals surface area contributed by atoms with E-state index in [0.29, 0.717) is 18.2 Å². The van der Waals surface area contributed by atoms with E-state index in [1.54, 1.807) is 30.3 Å². The van der Waals surface area contributed by atoms with Crippen LogP contribution in [0, 0.1) is 5.82 Å². The molecule has 2 aromatic heterocycles. The van der Waals surface area contributed by atoms with Crippen molar-refractivity contribution in [3.8, 4) is 16.9 Å². The Morgan fingerprint density at radius 2 is 1.78 bits per heavy atom. The normalized spacial score (nSPS) is 11.2. The number of alkyl halides is 2. The number of rotatable bonds is 7. The van der Waals surface area contributed by atoms with Crippen LogP contribution in [0.1, 0.15) is 27.8 Å². The molecule has 0 saturated carbocycles. The minimum Gasteiger partial charge on any atom is -0.345 e. The maximum atomic E-state index is 14.2. The Hall–Kier alpha value is -4.18. The number of hydrogen-bond donors (Lipinski definition) is 2. The van der Waals surface area contributed by atoms with E-state index in [9.17, 15) is 22.8 Å². The molecule has 2 amide bonds. The molecule has 0 bridgehead atoms. The van der Waals surface area contributed by atoms with E-state index >= 15 is 0 Å². The largest absolute Gasteiger partial charge is 0.345 e. The number of pyridine rings is 1. The molecule has 2 heterocycles. The van der Waals surface area contributed by atoms with Gasteiger partial charge in [-0.05, 0) is 36.4 Å². The second kappa shape index (κ2) is 10.2. The Morgan fingerprint density at radius 3 is 2.47 bits per heavy atom. The van der Waals surface area contributed by atoms with Gasteiger partial charge < -0.3 is 10.6 Å². The first kappa shape index (κ1) is 24.9. The summed E-state index contributed by atoms with van der Waals surface area (Å²) in [7, 11) is 0. The lowest BCUT2D eigenvalue weighted by molar-refractivity contribution is 0.0220. The summed E-state index contributed by atoms with van der Waals surface area (Å²) in [5.74, 6) is -5.09. The molecule has 0 unspecified atom stereocenters. The molecular weight excluding hydrogens is 495 g/mol. The van der Waals surface area contributed by atoms with E-state index in [4.69, 9.17) is 11.6 Å². The van der Waals surface area contributed by atoms with Gasteiger partial charge in [-0.2, -0.15) is 5.10 Å². The fraction of sp³-hybridized carbons (Fsp3) is 0.120. The van der Waals surface area contributed by atoms with E-state index in [-0.39, 0.29) is 27.8 Å². The van der Waals surface area contributed by atoms with Crippen LogP contribution in [0.5, 0.6) is 0 Å². The number of hydrogen-bond acceptors (Lipinski definition) is 4. The van der Waals surface area contributed by atoms with E-state index in [0.717, 1.165) is 0 Å². The number of halogens is 4. The fourth-order valence-electron chi connectivity index (χ4n) is 3.30. The molecule has 4 aromatic rings. The standard InChI is InChI=1S/C25H19ClF3N5O2/c1-25(28,29)14-31-24(36)20-13-21(34(33-20)16-6-3-2-4-7-16)32-23(35)17-12-15(9-10-18(17)26)22-19(27)8-5-11-30-22/h2-13H,14H2,1H3,(H,31,36)(H,32,35). The number of amides is 2. The number of aromatic nitrogens is 3. The van der Waals surface area contributed by atoms with Crippen molar-refractivity contribution in [3.05, 3.63) is 95.0 Å². The van der Waals surface area contributed by atoms with Crippen LogP contribution in [-0.2, 0) is 0 Å². The van der Waals surface area contributed by atoms with Gasteiger partial charge in [0.05, 0.1) is 22.8 Å². The van der Waals surface area contributed by atoms with E-state index in [1.807, 2.05) is 0 Å². The van der Waals surface area contributed by atoms with Gasteiger partial charge in [-0.1, -0.05) is 35.9 Å². The number of carbonyl (C=O) groups excluding carboxylic acids is 2. The summed E-state index contributed by atoms with van der Waals surface area (Å²) >= 11 is 6.25. The topological polar surface area (TPSA) is 88.9 Å². The molecule has 7 nitrogen and oxygen atoms in total. The van der Waals surface area contributed by atoms with Gasteiger partial charge >= 0.3 is 0 Å². The molecule has 0 saturated heterocycles.